The number of aryl methyl sites for hydroxylation is 2. The fraction of sp³-hybridized carbons (Fsp3) is 0.278. The Balaban J connectivity index is 1.66. The van der Waals surface area contributed by atoms with E-state index in [0.29, 0.717) is 22.9 Å². The predicted molar refractivity (Wildman–Crippen MR) is 88.8 cm³/mol. The molecule has 0 saturated heterocycles. The Labute approximate surface area is 135 Å². The van der Waals surface area contributed by atoms with Crippen molar-refractivity contribution in [3.63, 3.8) is 0 Å². The monoisotopic (exact) mass is 315 g/mol. The van der Waals surface area contributed by atoms with Crippen molar-refractivity contribution in [2.75, 3.05) is 12.4 Å². The van der Waals surface area contributed by atoms with Gasteiger partial charge in [0.25, 0.3) is 0 Å². The average Bonchev–Trinajstić information content (AvgIpc) is 2.95. The summed E-state index contributed by atoms with van der Waals surface area (Å²) in [4.78, 5) is 12.2. The van der Waals surface area contributed by atoms with Crippen LogP contribution in [0.25, 0.3) is 0 Å². The van der Waals surface area contributed by atoms with Crippen LogP contribution < -0.4 is 10.1 Å². The van der Waals surface area contributed by atoms with Crippen LogP contribution >= 0.6 is 11.6 Å². The van der Waals surface area contributed by atoms with Crippen molar-refractivity contribution in [2.24, 2.45) is 0 Å². The summed E-state index contributed by atoms with van der Waals surface area (Å²) in [5.74, 6) is 0.553. The molecule has 0 bridgehead atoms. The first-order valence-corrected chi connectivity index (χ1v) is 7.77. The van der Waals surface area contributed by atoms with Crippen molar-refractivity contribution in [1.82, 2.24) is 0 Å². The SMILES string of the molecule is COc1ccc(NC(=O)Cc2ccc3c(c2)CCC3)cc1Cl. The van der Waals surface area contributed by atoms with E-state index < -0.39 is 0 Å². The number of halogens is 1. The minimum Gasteiger partial charge on any atom is -0.495 e. The fourth-order valence-electron chi connectivity index (χ4n) is 2.87. The Morgan fingerprint density at radius 3 is 2.77 bits per heavy atom. The molecule has 22 heavy (non-hydrogen) atoms. The van der Waals surface area contributed by atoms with E-state index in [1.807, 2.05) is 6.07 Å². The standard InChI is InChI=1S/C18H18ClNO2/c1-22-17-8-7-15(11-16(17)19)20-18(21)10-12-5-6-13-3-2-4-14(13)9-12/h5-9,11H,2-4,10H2,1H3,(H,20,21). The number of benzene rings is 2. The molecule has 0 atom stereocenters. The molecule has 2 aromatic carbocycles. The average molecular weight is 316 g/mol. The van der Waals surface area contributed by atoms with Crippen LogP contribution in [-0.2, 0) is 24.1 Å². The van der Waals surface area contributed by atoms with E-state index in [4.69, 9.17) is 16.3 Å². The van der Waals surface area contributed by atoms with Gasteiger partial charge in [-0.05, 0) is 54.2 Å². The summed E-state index contributed by atoms with van der Waals surface area (Å²) < 4.78 is 5.10. The third-order valence-corrected chi connectivity index (χ3v) is 4.26. The number of fused-ring (bicyclic) bond motifs is 1. The van der Waals surface area contributed by atoms with Crippen molar-refractivity contribution in [2.45, 2.75) is 25.7 Å². The molecule has 0 radical (unpaired) electrons. The van der Waals surface area contributed by atoms with Gasteiger partial charge in [0.2, 0.25) is 5.91 Å². The summed E-state index contributed by atoms with van der Waals surface area (Å²) in [5, 5.41) is 3.36. The zero-order valence-electron chi connectivity index (χ0n) is 12.5. The lowest BCUT2D eigenvalue weighted by molar-refractivity contribution is -0.115. The van der Waals surface area contributed by atoms with Crippen molar-refractivity contribution in [3.05, 3.63) is 58.1 Å². The van der Waals surface area contributed by atoms with Gasteiger partial charge in [0.05, 0.1) is 18.6 Å². The van der Waals surface area contributed by atoms with E-state index in [9.17, 15) is 4.79 Å². The molecule has 1 aliphatic rings. The van der Waals surface area contributed by atoms with Gasteiger partial charge in [0, 0.05) is 5.69 Å². The summed E-state index contributed by atoms with van der Waals surface area (Å²) in [6, 6.07) is 11.6. The molecule has 114 valence electrons. The molecule has 0 spiro atoms. The zero-order valence-corrected chi connectivity index (χ0v) is 13.2. The van der Waals surface area contributed by atoms with Gasteiger partial charge >= 0.3 is 0 Å². The van der Waals surface area contributed by atoms with Gasteiger partial charge in [-0.3, -0.25) is 4.79 Å². The number of hydrogen-bond acceptors (Lipinski definition) is 2. The second-order valence-electron chi connectivity index (χ2n) is 5.53. The van der Waals surface area contributed by atoms with E-state index in [-0.39, 0.29) is 5.91 Å². The van der Waals surface area contributed by atoms with Crippen molar-refractivity contribution < 1.29 is 9.53 Å². The maximum Gasteiger partial charge on any atom is 0.228 e. The smallest absolute Gasteiger partial charge is 0.228 e. The molecule has 0 heterocycles. The number of amides is 1. The number of rotatable bonds is 4. The van der Waals surface area contributed by atoms with E-state index in [1.54, 1.807) is 25.3 Å². The van der Waals surface area contributed by atoms with E-state index in [0.717, 1.165) is 18.4 Å². The highest BCUT2D eigenvalue weighted by atomic mass is 35.5. The predicted octanol–water partition coefficient (Wildman–Crippen LogP) is 4.02. The first-order chi connectivity index (χ1) is 10.7. The minimum atomic E-state index is -0.0424. The number of anilines is 1. The van der Waals surface area contributed by atoms with Crippen LogP contribution in [0.5, 0.6) is 5.75 Å². The van der Waals surface area contributed by atoms with Gasteiger partial charge in [-0.15, -0.1) is 0 Å². The second kappa shape index (κ2) is 6.41. The molecule has 1 amide bonds. The number of methoxy groups -OCH3 is 1. The van der Waals surface area contributed by atoms with Crippen molar-refractivity contribution in [1.29, 1.82) is 0 Å². The number of ether oxygens (including phenoxy) is 1. The Morgan fingerprint density at radius 2 is 2.00 bits per heavy atom. The normalized spacial score (nSPS) is 12.8. The van der Waals surface area contributed by atoms with Gasteiger partial charge in [0.1, 0.15) is 5.75 Å². The summed E-state index contributed by atoms with van der Waals surface area (Å²) in [5.41, 5.74) is 4.54. The molecule has 2 aromatic rings. The molecule has 1 aliphatic carbocycles. The molecule has 0 aromatic heterocycles. The number of carbonyl (C=O) groups excluding carboxylic acids is 1. The molecule has 0 aliphatic heterocycles. The third-order valence-electron chi connectivity index (χ3n) is 3.96. The summed E-state index contributed by atoms with van der Waals surface area (Å²) >= 11 is 6.06. The van der Waals surface area contributed by atoms with E-state index in [2.05, 4.69) is 17.4 Å². The molecule has 1 N–H and O–H groups in total. The highest BCUT2D eigenvalue weighted by molar-refractivity contribution is 6.32. The topological polar surface area (TPSA) is 38.3 Å². The molecular formula is C18H18ClNO2. The van der Waals surface area contributed by atoms with Gasteiger partial charge in [-0.1, -0.05) is 29.8 Å². The lowest BCUT2D eigenvalue weighted by Gasteiger charge is -2.09. The Hall–Kier alpha value is -2.00. The summed E-state index contributed by atoms with van der Waals surface area (Å²) in [6.07, 6.45) is 3.87. The van der Waals surface area contributed by atoms with Gasteiger partial charge < -0.3 is 10.1 Å². The van der Waals surface area contributed by atoms with Crippen LogP contribution in [-0.4, -0.2) is 13.0 Å². The van der Waals surface area contributed by atoms with Gasteiger partial charge in [0.15, 0.2) is 0 Å². The van der Waals surface area contributed by atoms with Gasteiger partial charge in [-0.25, -0.2) is 0 Å². The molecule has 4 heteroatoms. The third kappa shape index (κ3) is 3.25. The van der Waals surface area contributed by atoms with Gasteiger partial charge in [-0.2, -0.15) is 0 Å². The van der Waals surface area contributed by atoms with E-state index in [1.165, 1.54) is 17.5 Å². The summed E-state index contributed by atoms with van der Waals surface area (Å²) in [7, 11) is 1.56. The first kappa shape index (κ1) is 14.9. The van der Waals surface area contributed by atoms with E-state index >= 15 is 0 Å². The highest BCUT2D eigenvalue weighted by Crippen LogP contribution is 2.27. The number of nitrogens with one attached hydrogen (secondary N) is 1. The minimum absolute atomic E-state index is 0.0424. The quantitative estimate of drug-likeness (QED) is 0.925. The van der Waals surface area contributed by atoms with Crippen LogP contribution in [0.1, 0.15) is 23.1 Å². The maximum absolute atomic E-state index is 12.2. The number of carbonyl (C=O) groups is 1. The van der Waals surface area contributed by atoms with Crippen LogP contribution in [0.15, 0.2) is 36.4 Å². The zero-order chi connectivity index (χ0) is 15.5. The molecule has 3 nitrogen and oxygen atoms in total. The van der Waals surface area contributed by atoms with Crippen molar-refractivity contribution in [3.8, 4) is 5.75 Å². The highest BCUT2D eigenvalue weighted by Gasteiger charge is 2.12. The molecule has 3 rings (SSSR count). The Kier molecular flexibility index (Phi) is 4.34. The fourth-order valence-corrected chi connectivity index (χ4v) is 3.13. The maximum atomic E-state index is 12.2. The first-order valence-electron chi connectivity index (χ1n) is 7.40. The largest absolute Gasteiger partial charge is 0.495 e. The Bertz CT molecular complexity index is 712. The van der Waals surface area contributed by atoms with Crippen LogP contribution in [0, 0.1) is 0 Å². The second-order valence-corrected chi connectivity index (χ2v) is 5.94. The molecule has 0 saturated carbocycles. The Morgan fingerprint density at radius 1 is 1.18 bits per heavy atom. The number of hydrogen-bond donors (Lipinski definition) is 1. The lowest BCUT2D eigenvalue weighted by atomic mass is 10.0. The lowest BCUT2D eigenvalue weighted by Crippen LogP contribution is -2.14. The molecule has 0 unspecified atom stereocenters. The molecular weight excluding hydrogens is 298 g/mol. The molecule has 0 fully saturated rings. The van der Waals surface area contributed by atoms with Crippen molar-refractivity contribution >= 4 is 23.2 Å². The van der Waals surface area contributed by atoms with Crippen LogP contribution in [0.3, 0.4) is 0 Å². The van der Waals surface area contributed by atoms with Crippen LogP contribution in [0.2, 0.25) is 5.02 Å². The summed E-state index contributed by atoms with van der Waals surface area (Å²) in [6.45, 7) is 0. The van der Waals surface area contributed by atoms with Crippen LogP contribution in [0.4, 0.5) is 5.69 Å².